The van der Waals surface area contributed by atoms with Crippen LogP contribution < -0.4 is 10.6 Å². The standard InChI is InChI=1S/C14H22N2OS.ClH/c1-4-15-12(3)9-16-14(17)10-18-13-8-6-5-7-11(13)2;/h5-8,12,15H,4,9-10H2,1-3H3,(H,16,17);1H/t12-;/m1./s1. The second-order valence-corrected chi connectivity index (χ2v) is 5.33. The summed E-state index contributed by atoms with van der Waals surface area (Å²) < 4.78 is 0. The maximum absolute atomic E-state index is 11.7. The van der Waals surface area contributed by atoms with Crippen LogP contribution in [0.2, 0.25) is 0 Å². The molecule has 0 saturated carbocycles. The minimum atomic E-state index is 0. The molecule has 5 heteroatoms. The van der Waals surface area contributed by atoms with Crippen LogP contribution in [-0.4, -0.2) is 30.8 Å². The number of likely N-dealkylation sites (N-methyl/N-ethyl adjacent to an activating group) is 1. The lowest BCUT2D eigenvalue weighted by atomic mass is 10.2. The Morgan fingerprint density at radius 2 is 2.05 bits per heavy atom. The van der Waals surface area contributed by atoms with Crippen molar-refractivity contribution in [2.24, 2.45) is 0 Å². The first-order valence-electron chi connectivity index (χ1n) is 6.32. The van der Waals surface area contributed by atoms with E-state index in [0.29, 0.717) is 18.3 Å². The van der Waals surface area contributed by atoms with Gasteiger partial charge in [0.15, 0.2) is 0 Å². The van der Waals surface area contributed by atoms with E-state index in [0.717, 1.165) is 6.54 Å². The number of benzene rings is 1. The third-order valence-corrected chi connectivity index (χ3v) is 3.79. The highest BCUT2D eigenvalue weighted by molar-refractivity contribution is 8.00. The van der Waals surface area contributed by atoms with Crippen molar-refractivity contribution in [1.29, 1.82) is 0 Å². The van der Waals surface area contributed by atoms with Crippen molar-refractivity contribution in [2.45, 2.75) is 31.7 Å². The number of carbonyl (C=O) groups is 1. The third-order valence-electron chi connectivity index (χ3n) is 2.61. The first-order valence-corrected chi connectivity index (χ1v) is 7.30. The molecule has 1 rings (SSSR count). The summed E-state index contributed by atoms with van der Waals surface area (Å²) >= 11 is 1.59. The molecular formula is C14H23ClN2OS. The van der Waals surface area contributed by atoms with Crippen LogP contribution in [0, 0.1) is 6.92 Å². The first kappa shape index (κ1) is 18.3. The highest BCUT2D eigenvalue weighted by atomic mass is 35.5. The smallest absolute Gasteiger partial charge is 0.230 e. The van der Waals surface area contributed by atoms with Gasteiger partial charge in [0.2, 0.25) is 5.91 Å². The summed E-state index contributed by atoms with van der Waals surface area (Å²) in [7, 11) is 0. The molecule has 1 atom stereocenters. The molecule has 2 N–H and O–H groups in total. The van der Waals surface area contributed by atoms with Gasteiger partial charge in [-0.1, -0.05) is 25.1 Å². The summed E-state index contributed by atoms with van der Waals surface area (Å²) in [5.74, 6) is 0.567. The Morgan fingerprint density at radius 1 is 1.37 bits per heavy atom. The Labute approximate surface area is 126 Å². The highest BCUT2D eigenvalue weighted by Crippen LogP contribution is 2.21. The monoisotopic (exact) mass is 302 g/mol. The number of rotatable bonds is 7. The number of hydrogen-bond donors (Lipinski definition) is 2. The van der Waals surface area contributed by atoms with Crippen LogP contribution in [0.25, 0.3) is 0 Å². The summed E-state index contributed by atoms with van der Waals surface area (Å²) in [6.07, 6.45) is 0. The molecule has 1 amide bonds. The lowest BCUT2D eigenvalue weighted by Crippen LogP contribution is -2.39. The van der Waals surface area contributed by atoms with Crippen LogP contribution in [-0.2, 0) is 4.79 Å². The molecule has 0 saturated heterocycles. The van der Waals surface area contributed by atoms with Gasteiger partial charge in [-0.25, -0.2) is 0 Å². The average molecular weight is 303 g/mol. The molecule has 0 fully saturated rings. The van der Waals surface area contributed by atoms with Crippen LogP contribution in [0.3, 0.4) is 0 Å². The minimum Gasteiger partial charge on any atom is -0.354 e. The predicted octanol–water partition coefficient (Wildman–Crippen LogP) is 2.62. The van der Waals surface area contributed by atoms with E-state index in [2.05, 4.69) is 43.5 Å². The van der Waals surface area contributed by atoms with E-state index in [1.165, 1.54) is 10.5 Å². The lowest BCUT2D eigenvalue weighted by Gasteiger charge is -2.13. The summed E-state index contributed by atoms with van der Waals surface area (Å²) in [4.78, 5) is 12.9. The Morgan fingerprint density at radius 3 is 2.68 bits per heavy atom. The Hall–Kier alpha value is -0.710. The van der Waals surface area contributed by atoms with E-state index in [9.17, 15) is 4.79 Å². The van der Waals surface area contributed by atoms with Crippen molar-refractivity contribution < 1.29 is 4.79 Å². The second kappa shape index (κ2) is 10.1. The second-order valence-electron chi connectivity index (χ2n) is 4.32. The van der Waals surface area contributed by atoms with E-state index in [4.69, 9.17) is 0 Å². The van der Waals surface area contributed by atoms with E-state index >= 15 is 0 Å². The van der Waals surface area contributed by atoms with Crippen LogP contribution in [0.4, 0.5) is 0 Å². The summed E-state index contributed by atoms with van der Waals surface area (Å²) in [5, 5.41) is 6.20. The zero-order valence-electron chi connectivity index (χ0n) is 11.7. The van der Waals surface area contributed by atoms with Gasteiger partial charge in [0.25, 0.3) is 0 Å². The fourth-order valence-electron chi connectivity index (χ4n) is 1.60. The van der Waals surface area contributed by atoms with Crippen LogP contribution in [0.1, 0.15) is 19.4 Å². The Kier molecular flexibility index (Phi) is 9.74. The summed E-state index contributed by atoms with van der Waals surface area (Å²) in [6, 6.07) is 8.45. The molecule has 0 unspecified atom stereocenters. The van der Waals surface area contributed by atoms with Crippen molar-refractivity contribution in [1.82, 2.24) is 10.6 Å². The molecule has 0 spiro atoms. The first-order chi connectivity index (χ1) is 8.63. The summed E-state index contributed by atoms with van der Waals surface area (Å²) in [6.45, 7) is 7.80. The lowest BCUT2D eigenvalue weighted by molar-refractivity contribution is -0.118. The maximum Gasteiger partial charge on any atom is 0.230 e. The molecular weight excluding hydrogens is 280 g/mol. The van der Waals surface area contributed by atoms with Gasteiger partial charge < -0.3 is 10.6 Å². The maximum atomic E-state index is 11.7. The van der Waals surface area contributed by atoms with Gasteiger partial charge in [0.1, 0.15) is 0 Å². The average Bonchev–Trinajstić information content (AvgIpc) is 2.36. The van der Waals surface area contributed by atoms with Gasteiger partial charge in [-0.05, 0) is 32.0 Å². The zero-order valence-corrected chi connectivity index (χ0v) is 13.4. The Balaban J connectivity index is 0.00000324. The van der Waals surface area contributed by atoms with Gasteiger partial charge in [-0.2, -0.15) is 0 Å². The molecule has 0 bridgehead atoms. The van der Waals surface area contributed by atoms with E-state index in [-0.39, 0.29) is 18.3 Å². The van der Waals surface area contributed by atoms with Crippen molar-refractivity contribution in [2.75, 3.05) is 18.8 Å². The molecule has 0 radical (unpaired) electrons. The number of thioether (sulfide) groups is 1. The van der Waals surface area contributed by atoms with Gasteiger partial charge >= 0.3 is 0 Å². The molecule has 3 nitrogen and oxygen atoms in total. The largest absolute Gasteiger partial charge is 0.354 e. The number of carbonyl (C=O) groups excluding carboxylic acids is 1. The normalized spacial score (nSPS) is 11.5. The number of halogens is 1. The van der Waals surface area contributed by atoms with E-state index in [1.807, 2.05) is 12.1 Å². The predicted molar refractivity (Wildman–Crippen MR) is 85.3 cm³/mol. The topological polar surface area (TPSA) is 41.1 Å². The number of amides is 1. The fourth-order valence-corrected chi connectivity index (χ4v) is 2.46. The van der Waals surface area contributed by atoms with Crippen LogP contribution in [0.5, 0.6) is 0 Å². The Bertz CT molecular complexity index is 387. The molecule has 19 heavy (non-hydrogen) atoms. The van der Waals surface area contributed by atoms with Crippen molar-refractivity contribution in [3.63, 3.8) is 0 Å². The van der Waals surface area contributed by atoms with Gasteiger partial charge in [0.05, 0.1) is 5.75 Å². The van der Waals surface area contributed by atoms with Crippen molar-refractivity contribution >= 4 is 30.1 Å². The number of aryl methyl sites for hydroxylation is 1. The number of nitrogens with one attached hydrogen (secondary N) is 2. The highest BCUT2D eigenvalue weighted by Gasteiger charge is 2.06. The minimum absolute atomic E-state index is 0. The van der Waals surface area contributed by atoms with Crippen molar-refractivity contribution in [3.05, 3.63) is 29.8 Å². The number of hydrogen-bond acceptors (Lipinski definition) is 3. The SMILES string of the molecule is CCN[C@H](C)CNC(=O)CSc1ccccc1C.Cl. The molecule has 1 aromatic carbocycles. The van der Waals surface area contributed by atoms with Crippen LogP contribution in [0.15, 0.2) is 29.2 Å². The van der Waals surface area contributed by atoms with Gasteiger partial charge in [-0.3, -0.25) is 4.79 Å². The summed E-state index contributed by atoms with van der Waals surface area (Å²) in [5.41, 5.74) is 1.22. The molecule has 0 aliphatic heterocycles. The fraction of sp³-hybridized carbons (Fsp3) is 0.500. The molecule has 0 aliphatic carbocycles. The third kappa shape index (κ3) is 7.45. The van der Waals surface area contributed by atoms with Gasteiger partial charge in [0, 0.05) is 17.5 Å². The molecule has 1 aromatic rings. The molecule has 0 aliphatic rings. The molecule has 0 aromatic heterocycles. The zero-order chi connectivity index (χ0) is 13.4. The molecule has 108 valence electrons. The van der Waals surface area contributed by atoms with E-state index in [1.54, 1.807) is 11.8 Å². The van der Waals surface area contributed by atoms with Crippen molar-refractivity contribution in [3.8, 4) is 0 Å². The van der Waals surface area contributed by atoms with Gasteiger partial charge in [-0.15, -0.1) is 24.2 Å². The molecule has 0 heterocycles. The van der Waals surface area contributed by atoms with Crippen LogP contribution >= 0.6 is 24.2 Å². The quantitative estimate of drug-likeness (QED) is 0.761. The van der Waals surface area contributed by atoms with E-state index < -0.39 is 0 Å².